The van der Waals surface area contributed by atoms with Crippen molar-refractivity contribution in [2.45, 2.75) is 109 Å². The number of sulfonamides is 1. The Labute approximate surface area is 243 Å². The third-order valence-corrected chi connectivity index (χ3v) is 13.8. The highest BCUT2D eigenvalue weighted by atomic mass is 32.2. The Morgan fingerprint density at radius 2 is 1.73 bits per heavy atom. The molecular weight excluding hydrogens is 548 g/mol. The lowest BCUT2D eigenvalue weighted by atomic mass is 9.41. The molecule has 1 amide bonds. The van der Waals surface area contributed by atoms with Crippen molar-refractivity contribution in [1.29, 1.82) is 0 Å². The fourth-order valence-electron chi connectivity index (χ4n) is 10.4. The number of hydrogen-bond acceptors (Lipinski definition) is 5. The number of hydrogen-bond donors (Lipinski definition) is 3. The first-order valence-electron chi connectivity index (χ1n) is 15.6. The quantitative estimate of drug-likeness (QED) is 0.380. The maximum absolute atomic E-state index is 15.6. The van der Waals surface area contributed by atoms with Gasteiger partial charge in [0.15, 0.2) is 0 Å². The molecule has 230 valence electrons. The van der Waals surface area contributed by atoms with Crippen LogP contribution in [0, 0.1) is 58.1 Å². The molecule has 0 spiro atoms. The van der Waals surface area contributed by atoms with Crippen LogP contribution >= 0.6 is 0 Å². The minimum atomic E-state index is -4.28. The second-order valence-corrected chi connectivity index (χ2v) is 15.8. The number of amides is 1. The number of halogens is 2. The smallest absolute Gasteiger partial charge is 0.266 e. The van der Waals surface area contributed by atoms with Gasteiger partial charge in [0.1, 0.15) is 16.9 Å². The molecule has 3 N–H and O–H groups in total. The maximum atomic E-state index is 15.6. The molecule has 0 aliphatic heterocycles. The van der Waals surface area contributed by atoms with Gasteiger partial charge >= 0.3 is 0 Å². The molecule has 0 bridgehead atoms. The van der Waals surface area contributed by atoms with Crippen LogP contribution in [0.25, 0.3) is 0 Å². The second-order valence-electron chi connectivity index (χ2n) is 14.1. The summed E-state index contributed by atoms with van der Waals surface area (Å²) in [5.74, 6) is -0.946. The first-order valence-corrected chi connectivity index (χ1v) is 17.0. The second kappa shape index (κ2) is 11.2. The van der Waals surface area contributed by atoms with E-state index in [9.17, 15) is 27.8 Å². The van der Waals surface area contributed by atoms with E-state index >= 15 is 4.39 Å². The first kappa shape index (κ1) is 30.9. The number of alkyl halides is 1. The lowest BCUT2D eigenvalue weighted by Gasteiger charge is -2.65. The Kier molecular flexibility index (Phi) is 8.40. The van der Waals surface area contributed by atoms with Gasteiger partial charge in [-0.3, -0.25) is 4.79 Å². The molecule has 0 aromatic heterocycles. The van der Waals surface area contributed by atoms with E-state index in [0.29, 0.717) is 31.1 Å². The molecule has 4 aliphatic rings. The van der Waals surface area contributed by atoms with Crippen molar-refractivity contribution >= 4 is 15.9 Å². The number of aliphatic hydroxyl groups excluding tert-OH is 2. The minimum Gasteiger partial charge on any atom is -0.393 e. The predicted molar refractivity (Wildman–Crippen MR) is 152 cm³/mol. The van der Waals surface area contributed by atoms with Crippen molar-refractivity contribution in [3.05, 3.63) is 30.1 Å². The summed E-state index contributed by atoms with van der Waals surface area (Å²) < 4.78 is 56.7. The molecule has 0 saturated heterocycles. The van der Waals surface area contributed by atoms with Crippen LogP contribution in [0.5, 0.6) is 0 Å². The Morgan fingerprint density at radius 1 is 1.07 bits per heavy atom. The van der Waals surface area contributed by atoms with Crippen molar-refractivity contribution in [3.63, 3.8) is 0 Å². The van der Waals surface area contributed by atoms with E-state index in [1.165, 1.54) is 12.1 Å². The summed E-state index contributed by atoms with van der Waals surface area (Å²) >= 11 is 0. The molecule has 4 aliphatic carbocycles. The van der Waals surface area contributed by atoms with Crippen molar-refractivity contribution in [3.8, 4) is 0 Å². The molecule has 5 rings (SSSR count). The highest BCUT2D eigenvalue weighted by Crippen LogP contribution is 2.69. The summed E-state index contributed by atoms with van der Waals surface area (Å²) in [7, 11) is -4.28. The molecule has 4 fully saturated rings. The fraction of sp³-hybridized carbons (Fsp3) is 0.781. The van der Waals surface area contributed by atoms with E-state index in [4.69, 9.17) is 0 Å². The number of carbonyl (C=O) groups is 1. The summed E-state index contributed by atoms with van der Waals surface area (Å²) in [4.78, 5) is 12.1. The Balaban J connectivity index is 1.28. The maximum Gasteiger partial charge on any atom is 0.266 e. The molecule has 0 unspecified atom stereocenters. The zero-order valence-electron chi connectivity index (χ0n) is 24.7. The van der Waals surface area contributed by atoms with E-state index in [1.54, 1.807) is 0 Å². The third-order valence-electron chi connectivity index (χ3n) is 12.4. The Bertz CT molecular complexity index is 1240. The van der Waals surface area contributed by atoms with Crippen LogP contribution in [0.3, 0.4) is 0 Å². The van der Waals surface area contributed by atoms with Crippen LogP contribution in [0.2, 0.25) is 0 Å². The summed E-state index contributed by atoms with van der Waals surface area (Å²) in [6.45, 7) is 8.70. The van der Waals surface area contributed by atoms with Gasteiger partial charge in [0, 0.05) is 12.3 Å². The van der Waals surface area contributed by atoms with Gasteiger partial charge in [0.05, 0.1) is 12.2 Å². The Hall–Kier alpha value is -1.58. The van der Waals surface area contributed by atoms with Crippen LogP contribution in [0.15, 0.2) is 29.2 Å². The number of rotatable bonds is 7. The zero-order valence-corrected chi connectivity index (χ0v) is 25.5. The van der Waals surface area contributed by atoms with Gasteiger partial charge in [-0.1, -0.05) is 46.2 Å². The standard InChI is InChI=1S/C32H47F2NO5S/c1-5-19-28-29(34)24(36)15-17-32(28,4)22-14-16-31(3)20(11-12-21(31)27(22)30(19)38)18(2)10-13-26(37)35-41(39,40)25-9-7-6-8-23(25)33/h6-9,18-22,24,27-30,36,38H,5,10-17H2,1-4H3,(H,35,37)/t18-,19-,20-,21+,22+,24-,27+,28-,29+,30-,31-,32-/m1/s1. The molecule has 1 aromatic rings. The van der Waals surface area contributed by atoms with E-state index in [1.807, 2.05) is 11.6 Å². The minimum absolute atomic E-state index is 0.0257. The molecule has 41 heavy (non-hydrogen) atoms. The summed E-state index contributed by atoms with van der Waals surface area (Å²) in [5.41, 5.74) is -0.266. The first-order chi connectivity index (χ1) is 19.3. The molecule has 4 saturated carbocycles. The highest BCUT2D eigenvalue weighted by molar-refractivity contribution is 7.90. The third kappa shape index (κ3) is 5.05. The van der Waals surface area contributed by atoms with E-state index in [0.717, 1.165) is 44.2 Å². The lowest BCUT2D eigenvalue weighted by Crippen LogP contribution is -2.65. The van der Waals surface area contributed by atoms with Gasteiger partial charge in [-0.15, -0.1) is 0 Å². The van der Waals surface area contributed by atoms with E-state index in [2.05, 4.69) is 20.8 Å². The van der Waals surface area contributed by atoms with Crippen LogP contribution in [-0.4, -0.2) is 42.9 Å². The molecule has 0 radical (unpaired) electrons. The number of carbonyl (C=O) groups excluding carboxylic acids is 1. The number of benzene rings is 1. The molecule has 9 heteroatoms. The number of aliphatic hydroxyl groups is 2. The van der Waals surface area contributed by atoms with Crippen molar-refractivity contribution < 1.29 is 32.2 Å². The molecule has 12 atom stereocenters. The van der Waals surface area contributed by atoms with Crippen molar-refractivity contribution in [2.75, 3.05) is 0 Å². The van der Waals surface area contributed by atoms with Crippen LogP contribution in [0.4, 0.5) is 8.78 Å². The summed E-state index contributed by atoms with van der Waals surface area (Å²) in [5, 5.41) is 22.2. The largest absolute Gasteiger partial charge is 0.393 e. The monoisotopic (exact) mass is 595 g/mol. The van der Waals surface area contributed by atoms with Crippen LogP contribution < -0.4 is 4.72 Å². The Morgan fingerprint density at radius 3 is 2.41 bits per heavy atom. The van der Waals surface area contributed by atoms with Gasteiger partial charge < -0.3 is 10.2 Å². The van der Waals surface area contributed by atoms with E-state index < -0.39 is 45.0 Å². The van der Waals surface area contributed by atoms with E-state index in [-0.39, 0.29) is 46.8 Å². The van der Waals surface area contributed by atoms with Gasteiger partial charge in [0.2, 0.25) is 5.91 Å². The zero-order chi connectivity index (χ0) is 29.9. The lowest BCUT2D eigenvalue weighted by molar-refractivity contribution is -0.222. The topological polar surface area (TPSA) is 104 Å². The molecule has 6 nitrogen and oxygen atoms in total. The molecular formula is C32H47F2NO5S. The normalized spacial score (nSPS) is 43.0. The van der Waals surface area contributed by atoms with Crippen molar-refractivity contribution in [1.82, 2.24) is 4.72 Å². The number of nitrogens with one attached hydrogen (secondary N) is 1. The average molecular weight is 596 g/mol. The van der Waals surface area contributed by atoms with Crippen LogP contribution in [-0.2, 0) is 14.8 Å². The van der Waals surface area contributed by atoms with Crippen LogP contribution in [0.1, 0.15) is 85.5 Å². The average Bonchev–Trinajstić information content (AvgIpc) is 3.27. The fourth-order valence-corrected chi connectivity index (χ4v) is 11.5. The van der Waals surface area contributed by atoms with Gasteiger partial charge in [0.25, 0.3) is 10.0 Å². The predicted octanol–water partition coefficient (Wildman–Crippen LogP) is 5.62. The molecule has 0 heterocycles. The van der Waals surface area contributed by atoms with Gasteiger partial charge in [-0.25, -0.2) is 21.9 Å². The summed E-state index contributed by atoms with van der Waals surface area (Å²) in [6, 6.07) is 4.99. The van der Waals surface area contributed by atoms with Gasteiger partial charge in [-0.05, 0) is 103 Å². The number of fused-ring (bicyclic) bond motifs is 5. The molecule has 1 aromatic carbocycles. The SMILES string of the molecule is CC[C@H]1[C@@H](O)[C@@H]2[C@H](CC[C@]3(C)[C@@H]([C@H](C)CCC(=O)NS(=O)(=O)c4ccccc4F)CC[C@@H]23)[C@@]2(C)CC[C@@H](O)[C@H](F)[C@@H]12. The van der Waals surface area contributed by atoms with Crippen molar-refractivity contribution in [2.24, 2.45) is 52.3 Å². The summed E-state index contributed by atoms with van der Waals surface area (Å²) in [6.07, 6.45) is 3.51. The van der Waals surface area contributed by atoms with Gasteiger partial charge in [-0.2, -0.15) is 0 Å². The highest BCUT2D eigenvalue weighted by Gasteiger charge is 2.66.